The summed E-state index contributed by atoms with van der Waals surface area (Å²) in [5, 5.41) is 6.06. The van der Waals surface area contributed by atoms with E-state index in [4.69, 9.17) is 14.5 Å². The molecule has 1 aliphatic heterocycles. The Morgan fingerprint density at radius 2 is 1.79 bits per heavy atom. The van der Waals surface area contributed by atoms with E-state index in [0.717, 1.165) is 44.5 Å². The average molecular weight is 581 g/mol. The summed E-state index contributed by atoms with van der Waals surface area (Å²) in [4.78, 5) is 32.9. The van der Waals surface area contributed by atoms with Crippen molar-refractivity contribution in [2.75, 3.05) is 26.7 Å². The summed E-state index contributed by atoms with van der Waals surface area (Å²) in [6, 6.07) is 16.5. The molecule has 0 radical (unpaired) electrons. The number of hydrogen-bond acceptors (Lipinski definition) is 6. The molecule has 2 aliphatic rings. The number of alkyl carbamates (subject to hydrolysis) is 2. The largest absolute Gasteiger partial charge is 0.453 e. The molecule has 9 heteroatoms. The third kappa shape index (κ3) is 6.77. The third-order valence-corrected chi connectivity index (χ3v) is 8.94. The van der Waals surface area contributed by atoms with Gasteiger partial charge in [-0.25, -0.2) is 14.0 Å². The summed E-state index contributed by atoms with van der Waals surface area (Å²) in [5.74, 6) is -0.378. The van der Waals surface area contributed by atoms with Crippen molar-refractivity contribution in [2.24, 2.45) is 10.9 Å². The molecule has 2 amide bonds. The lowest BCUT2D eigenvalue weighted by Gasteiger charge is -2.55. The maximum absolute atomic E-state index is 15.0. The number of carbonyl (C=O) groups excluding carboxylic acids is 2. The number of hydrogen-bond donors (Lipinski definition) is 2. The predicted octanol–water partition coefficient (Wildman–Crippen LogP) is 5.85. The monoisotopic (exact) mass is 580 g/mol. The van der Waals surface area contributed by atoms with Crippen LogP contribution in [-0.4, -0.2) is 67.7 Å². The van der Waals surface area contributed by atoms with Gasteiger partial charge >= 0.3 is 12.2 Å². The normalized spacial score (nSPS) is 23.0. The Hall–Kier alpha value is -3.46. The van der Waals surface area contributed by atoms with Crippen LogP contribution in [0, 0.1) is 11.7 Å². The molecule has 0 bridgehead atoms. The first-order valence-corrected chi connectivity index (χ1v) is 14.8. The van der Waals surface area contributed by atoms with Gasteiger partial charge in [0.25, 0.3) is 0 Å². The number of aliphatic imine (C=N–C) groups is 1. The van der Waals surface area contributed by atoms with Gasteiger partial charge in [0.15, 0.2) is 0 Å². The van der Waals surface area contributed by atoms with Gasteiger partial charge in [-0.05, 0) is 102 Å². The van der Waals surface area contributed by atoms with Crippen molar-refractivity contribution in [2.45, 2.75) is 82.0 Å². The van der Waals surface area contributed by atoms with Gasteiger partial charge in [-0.15, -0.1) is 0 Å². The first-order chi connectivity index (χ1) is 20.0. The van der Waals surface area contributed by atoms with Crippen LogP contribution in [0.15, 0.2) is 59.6 Å². The van der Waals surface area contributed by atoms with Crippen LogP contribution < -0.4 is 10.6 Å². The van der Waals surface area contributed by atoms with Crippen LogP contribution >= 0.6 is 0 Å². The molecule has 1 heterocycles. The highest BCUT2D eigenvalue weighted by Crippen LogP contribution is 2.55. The fourth-order valence-electron chi connectivity index (χ4n) is 7.20. The Morgan fingerprint density at radius 3 is 2.40 bits per heavy atom. The summed E-state index contributed by atoms with van der Waals surface area (Å²) in [5.41, 5.74) is -0.539. The van der Waals surface area contributed by atoms with Crippen molar-refractivity contribution in [1.29, 1.82) is 0 Å². The van der Waals surface area contributed by atoms with E-state index < -0.39 is 34.8 Å². The van der Waals surface area contributed by atoms with Crippen LogP contribution in [-0.2, 0) is 21.4 Å². The van der Waals surface area contributed by atoms with Crippen molar-refractivity contribution in [3.8, 4) is 0 Å². The highest BCUT2D eigenvalue weighted by atomic mass is 19.1. The second-order valence-electron chi connectivity index (χ2n) is 12.5. The van der Waals surface area contributed by atoms with Crippen LogP contribution in [0.5, 0.6) is 0 Å². The second kappa shape index (κ2) is 13.2. The number of carbonyl (C=O) groups is 2. The smallest absolute Gasteiger partial charge is 0.407 e. The summed E-state index contributed by atoms with van der Waals surface area (Å²) < 4.78 is 25.6. The molecule has 2 N–H and O–H groups in total. The number of halogens is 1. The van der Waals surface area contributed by atoms with E-state index in [-0.39, 0.29) is 18.3 Å². The number of amides is 2. The zero-order valence-corrected chi connectivity index (χ0v) is 25.3. The Kier molecular flexibility index (Phi) is 9.92. The number of nitrogens with zero attached hydrogens (tertiary/aromatic N) is 2. The third-order valence-electron chi connectivity index (χ3n) is 8.94. The maximum atomic E-state index is 15.0. The highest BCUT2D eigenvalue weighted by Gasteiger charge is 2.62. The zero-order valence-electron chi connectivity index (χ0n) is 25.3. The lowest BCUT2D eigenvalue weighted by atomic mass is 9.54. The number of nitrogens with one attached hydrogen (secondary N) is 2. The molecule has 8 nitrogen and oxygen atoms in total. The fraction of sp³-hybridized carbons (Fsp3) is 0.545. The Morgan fingerprint density at radius 1 is 1.07 bits per heavy atom. The Labute approximate surface area is 249 Å². The van der Waals surface area contributed by atoms with Gasteiger partial charge in [-0.2, -0.15) is 0 Å². The van der Waals surface area contributed by atoms with Crippen molar-refractivity contribution < 1.29 is 23.5 Å². The van der Waals surface area contributed by atoms with Gasteiger partial charge in [0.2, 0.25) is 0 Å². The van der Waals surface area contributed by atoms with Gasteiger partial charge in [0.1, 0.15) is 11.4 Å². The van der Waals surface area contributed by atoms with Gasteiger partial charge in [0, 0.05) is 18.5 Å². The molecular formula is C33H45FN4O4. The highest BCUT2D eigenvalue weighted by molar-refractivity contribution is 5.69. The van der Waals surface area contributed by atoms with Crippen LogP contribution in [0.4, 0.5) is 14.0 Å². The van der Waals surface area contributed by atoms with Crippen molar-refractivity contribution in [3.05, 3.63) is 71.5 Å². The van der Waals surface area contributed by atoms with E-state index in [9.17, 15) is 9.59 Å². The molecule has 0 spiro atoms. The number of likely N-dealkylation sites (tertiary alicyclic amines) is 1. The lowest BCUT2D eigenvalue weighted by molar-refractivity contribution is 0.0353. The molecular weight excluding hydrogens is 535 g/mol. The van der Waals surface area contributed by atoms with Crippen LogP contribution in [0.3, 0.4) is 0 Å². The molecule has 1 saturated carbocycles. The molecule has 1 saturated heterocycles. The molecule has 2 aromatic carbocycles. The van der Waals surface area contributed by atoms with Crippen molar-refractivity contribution >= 4 is 18.9 Å². The number of rotatable bonds is 9. The zero-order chi connectivity index (χ0) is 30.4. The molecule has 1 aliphatic carbocycles. The van der Waals surface area contributed by atoms with E-state index in [2.05, 4.69) is 34.4 Å². The molecule has 3 atom stereocenters. The van der Waals surface area contributed by atoms with Gasteiger partial charge in [-0.3, -0.25) is 9.89 Å². The van der Waals surface area contributed by atoms with Crippen molar-refractivity contribution in [1.82, 2.24) is 15.5 Å². The van der Waals surface area contributed by atoms with E-state index in [1.54, 1.807) is 12.1 Å². The van der Waals surface area contributed by atoms with Crippen LogP contribution in [0.1, 0.15) is 64.0 Å². The molecule has 2 aromatic rings. The van der Waals surface area contributed by atoms with E-state index >= 15 is 4.39 Å². The predicted molar refractivity (Wildman–Crippen MR) is 162 cm³/mol. The standard InChI is InChI=1S/C33H45FN4O4/c1-31(2,3)42-29(39)36-23-32(26-13-9-14-27(34)21-26,33(35-4)18-10-15-28(33)37-30(40)41-5)25-16-19-38(20-17-25)22-24-11-7-6-8-12-24/h6-9,11-14,21,25,28H,4,10,15-20,22-23H2,1-3,5H3,(H,36,39)(H,37,40)/t28-,32-,33+/m0/s1. The quantitative estimate of drug-likeness (QED) is 0.363. The molecule has 0 aromatic heterocycles. The number of benzene rings is 2. The van der Waals surface area contributed by atoms with Crippen molar-refractivity contribution in [3.63, 3.8) is 0 Å². The number of ether oxygens (including phenoxy) is 2. The SMILES string of the molecule is C=N[C@]1([C@](CNC(=O)OC(C)(C)C)(c2cccc(F)c2)C2CCN(Cc3ccccc3)CC2)CCC[C@@H]1NC(=O)OC. The molecule has 2 fully saturated rings. The van der Waals surface area contributed by atoms with E-state index in [1.807, 2.05) is 45.0 Å². The number of piperidine rings is 1. The summed E-state index contributed by atoms with van der Waals surface area (Å²) >= 11 is 0. The Balaban J connectivity index is 1.78. The van der Waals surface area contributed by atoms with Gasteiger partial charge < -0.3 is 20.1 Å². The topological polar surface area (TPSA) is 92.3 Å². The number of methoxy groups -OCH3 is 1. The Bertz CT molecular complexity index is 1230. The minimum Gasteiger partial charge on any atom is -0.453 e. The molecule has 228 valence electrons. The van der Waals surface area contributed by atoms with Crippen LogP contribution in [0.2, 0.25) is 0 Å². The minimum atomic E-state index is -0.934. The minimum absolute atomic E-state index is 0.00759. The maximum Gasteiger partial charge on any atom is 0.407 e. The molecule has 42 heavy (non-hydrogen) atoms. The second-order valence-corrected chi connectivity index (χ2v) is 12.5. The lowest BCUT2D eigenvalue weighted by Crippen LogP contribution is -2.67. The first-order valence-electron chi connectivity index (χ1n) is 14.8. The van der Waals surface area contributed by atoms with Gasteiger partial charge in [-0.1, -0.05) is 42.5 Å². The summed E-state index contributed by atoms with van der Waals surface area (Å²) in [6.07, 6.45) is 2.53. The van der Waals surface area contributed by atoms with Gasteiger partial charge in [0.05, 0.1) is 18.7 Å². The summed E-state index contributed by atoms with van der Waals surface area (Å²) in [7, 11) is 1.33. The van der Waals surface area contributed by atoms with E-state index in [0.29, 0.717) is 12.8 Å². The first kappa shape index (κ1) is 31.5. The van der Waals surface area contributed by atoms with E-state index in [1.165, 1.54) is 18.7 Å². The molecule has 0 unspecified atom stereocenters. The average Bonchev–Trinajstić information content (AvgIpc) is 3.37. The summed E-state index contributed by atoms with van der Waals surface area (Å²) in [6.45, 7) is 12.2. The molecule has 4 rings (SSSR count). The van der Waals surface area contributed by atoms with Crippen LogP contribution in [0.25, 0.3) is 0 Å². The fourth-order valence-corrected chi connectivity index (χ4v) is 7.20.